The number of guanidine groups is 1. The molecule has 1 aromatic rings. The molecule has 26 heavy (non-hydrogen) atoms. The summed E-state index contributed by atoms with van der Waals surface area (Å²) in [5, 5.41) is 6.59. The highest BCUT2D eigenvalue weighted by Gasteiger charge is 2.25. The molecule has 146 valence electrons. The van der Waals surface area contributed by atoms with Gasteiger partial charge in [-0.25, -0.2) is 13.4 Å². The van der Waals surface area contributed by atoms with E-state index in [1.165, 1.54) is 0 Å². The molecule has 1 aromatic carbocycles. The molecular formula is C19H32N4O2S. The summed E-state index contributed by atoms with van der Waals surface area (Å²) >= 11 is 0. The Kier molecular flexibility index (Phi) is 7.90. The fourth-order valence-electron chi connectivity index (χ4n) is 2.85. The lowest BCUT2D eigenvalue weighted by Crippen LogP contribution is -2.41. The molecule has 1 saturated heterocycles. The van der Waals surface area contributed by atoms with Gasteiger partial charge < -0.3 is 10.6 Å². The normalized spacial score (nSPS) is 17.7. The van der Waals surface area contributed by atoms with Gasteiger partial charge in [-0.15, -0.1) is 0 Å². The van der Waals surface area contributed by atoms with Crippen molar-refractivity contribution in [2.45, 2.75) is 63.9 Å². The smallest absolute Gasteiger partial charge is 0.243 e. The maximum Gasteiger partial charge on any atom is 0.243 e. The van der Waals surface area contributed by atoms with Crippen LogP contribution in [0.15, 0.2) is 34.2 Å². The zero-order valence-corrected chi connectivity index (χ0v) is 17.0. The molecule has 0 radical (unpaired) electrons. The second-order valence-corrected chi connectivity index (χ2v) is 8.70. The molecule has 2 N–H and O–H groups in total. The highest BCUT2D eigenvalue weighted by molar-refractivity contribution is 7.89. The van der Waals surface area contributed by atoms with E-state index < -0.39 is 10.0 Å². The second-order valence-electron chi connectivity index (χ2n) is 6.76. The molecule has 1 aliphatic rings. The van der Waals surface area contributed by atoms with E-state index in [4.69, 9.17) is 0 Å². The Morgan fingerprint density at radius 3 is 2.38 bits per heavy atom. The topological polar surface area (TPSA) is 73.8 Å². The molecule has 1 heterocycles. The van der Waals surface area contributed by atoms with Crippen molar-refractivity contribution in [3.8, 4) is 0 Å². The van der Waals surface area contributed by atoms with Crippen LogP contribution in [0.4, 0.5) is 0 Å². The lowest BCUT2D eigenvalue weighted by molar-refractivity contribution is 0.346. The lowest BCUT2D eigenvalue weighted by Gasteiger charge is -2.25. The van der Waals surface area contributed by atoms with Crippen LogP contribution < -0.4 is 10.6 Å². The Bertz CT molecular complexity index is 680. The van der Waals surface area contributed by atoms with Gasteiger partial charge in [0.05, 0.1) is 11.4 Å². The van der Waals surface area contributed by atoms with Gasteiger partial charge in [0, 0.05) is 25.7 Å². The molecule has 6 nitrogen and oxygen atoms in total. The SMILES string of the molecule is CCNC(=NCc1ccc(S(=O)(=O)N2CCCCC2)cc1)NC(C)CC. The number of rotatable bonds is 7. The summed E-state index contributed by atoms with van der Waals surface area (Å²) in [6.07, 6.45) is 4.03. The molecule has 0 aliphatic carbocycles. The fraction of sp³-hybridized carbons (Fsp3) is 0.632. The van der Waals surface area contributed by atoms with Crippen LogP contribution in [-0.4, -0.2) is 44.4 Å². The monoisotopic (exact) mass is 380 g/mol. The molecule has 0 bridgehead atoms. The number of hydrogen-bond donors (Lipinski definition) is 2. The van der Waals surface area contributed by atoms with Gasteiger partial charge in [0.15, 0.2) is 5.96 Å². The molecule has 0 amide bonds. The van der Waals surface area contributed by atoms with Crippen LogP contribution in [0.25, 0.3) is 0 Å². The summed E-state index contributed by atoms with van der Waals surface area (Å²) in [4.78, 5) is 4.96. The van der Waals surface area contributed by atoms with Crippen molar-refractivity contribution in [2.75, 3.05) is 19.6 Å². The summed E-state index contributed by atoms with van der Waals surface area (Å²) in [6, 6.07) is 7.46. The van der Waals surface area contributed by atoms with Crippen LogP contribution in [0.2, 0.25) is 0 Å². The van der Waals surface area contributed by atoms with Crippen LogP contribution in [0.1, 0.15) is 52.0 Å². The van der Waals surface area contributed by atoms with Gasteiger partial charge in [0.1, 0.15) is 0 Å². The summed E-state index contributed by atoms with van der Waals surface area (Å²) in [5.41, 5.74) is 0.990. The van der Waals surface area contributed by atoms with E-state index >= 15 is 0 Å². The maximum atomic E-state index is 12.7. The molecule has 1 atom stereocenters. The Hall–Kier alpha value is -1.60. The predicted octanol–water partition coefficient (Wildman–Crippen LogP) is 2.71. The van der Waals surface area contributed by atoms with E-state index in [9.17, 15) is 8.42 Å². The molecule has 0 aromatic heterocycles. The number of aliphatic imine (C=N–C) groups is 1. The van der Waals surface area contributed by atoms with E-state index in [2.05, 4.69) is 29.5 Å². The van der Waals surface area contributed by atoms with Crippen molar-refractivity contribution in [3.63, 3.8) is 0 Å². The summed E-state index contributed by atoms with van der Waals surface area (Å²) in [5.74, 6) is 0.784. The van der Waals surface area contributed by atoms with Crippen LogP contribution >= 0.6 is 0 Å². The first kappa shape index (κ1) is 20.7. The summed E-state index contributed by atoms with van der Waals surface area (Å²) in [6.45, 7) is 8.85. The van der Waals surface area contributed by atoms with Gasteiger partial charge >= 0.3 is 0 Å². The third-order valence-corrected chi connectivity index (χ3v) is 6.55. The van der Waals surface area contributed by atoms with E-state index in [0.717, 1.165) is 43.8 Å². The lowest BCUT2D eigenvalue weighted by atomic mass is 10.2. The van der Waals surface area contributed by atoms with Crippen molar-refractivity contribution in [2.24, 2.45) is 4.99 Å². The van der Waals surface area contributed by atoms with Crippen molar-refractivity contribution in [1.29, 1.82) is 0 Å². The van der Waals surface area contributed by atoms with Crippen LogP contribution in [-0.2, 0) is 16.6 Å². The summed E-state index contributed by atoms with van der Waals surface area (Å²) < 4.78 is 27.0. The Morgan fingerprint density at radius 1 is 1.15 bits per heavy atom. The minimum Gasteiger partial charge on any atom is -0.357 e. The van der Waals surface area contributed by atoms with E-state index in [0.29, 0.717) is 30.6 Å². The molecule has 1 aliphatic heterocycles. The first-order valence-corrected chi connectivity index (χ1v) is 11.0. The van der Waals surface area contributed by atoms with E-state index in [-0.39, 0.29) is 0 Å². The number of piperidine rings is 1. The van der Waals surface area contributed by atoms with Gasteiger partial charge in [-0.2, -0.15) is 4.31 Å². The molecule has 7 heteroatoms. The van der Waals surface area contributed by atoms with E-state index in [1.807, 2.05) is 19.1 Å². The molecule has 1 fully saturated rings. The van der Waals surface area contributed by atoms with Crippen LogP contribution in [0.3, 0.4) is 0 Å². The number of nitrogens with zero attached hydrogens (tertiary/aromatic N) is 2. The van der Waals surface area contributed by atoms with E-state index in [1.54, 1.807) is 16.4 Å². The third-order valence-electron chi connectivity index (χ3n) is 4.64. The average Bonchev–Trinajstić information content (AvgIpc) is 2.67. The maximum absolute atomic E-state index is 12.7. The molecule has 2 rings (SSSR count). The minimum absolute atomic E-state index is 0.352. The Morgan fingerprint density at radius 2 is 1.81 bits per heavy atom. The quantitative estimate of drug-likeness (QED) is 0.563. The van der Waals surface area contributed by atoms with Gasteiger partial charge in [-0.05, 0) is 50.8 Å². The molecule has 0 saturated carbocycles. The zero-order valence-electron chi connectivity index (χ0n) is 16.2. The van der Waals surface area contributed by atoms with Crippen molar-refractivity contribution >= 4 is 16.0 Å². The number of sulfonamides is 1. The van der Waals surface area contributed by atoms with Gasteiger partial charge in [0.25, 0.3) is 0 Å². The van der Waals surface area contributed by atoms with Crippen molar-refractivity contribution in [1.82, 2.24) is 14.9 Å². The predicted molar refractivity (Wildman–Crippen MR) is 107 cm³/mol. The van der Waals surface area contributed by atoms with Gasteiger partial charge in [-0.3, -0.25) is 0 Å². The minimum atomic E-state index is -3.37. The number of benzene rings is 1. The van der Waals surface area contributed by atoms with Gasteiger partial charge in [-0.1, -0.05) is 25.5 Å². The highest BCUT2D eigenvalue weighted by Crippen LogP contribution is 2.21. The Balaban J connectivity index is 2.05. The third kappa shape index (κ3) is 5.71. The standard InChI is InChI=1S/C19H32N4O2S/c1-4-16(3)22-19(20-5-2)21-15-17-9-11-18(12-10-17)26(24,25)23-13-7-6-8-14-23/h9-12,16H,4-8,13-15H2,1-3H3,(H2,20,21,22). The zero-order chi connectivity index (χ0) is 19.0. The largest absolute Gasteiger partial charge is 0.357 e. The first-order chi connectivity index (χ1) is 12.5. The van der Waals surface area contributed by atoms with Crippen molar-refractivity contribution in [3.05, 3.63) is 29.8 Å². The first-order valence-electron chi connectivity index (χ1n) is 9.61. The van der Waals surface area contributed by atoms with Crippen molar-refractivity contribution < 1.29 is 8.42 Å². The molecule has 0 spiro atoms. The fourth-order valence-corrected chi connectivity index (χ4v) is 4.36. The van der Waals surface area contributed by atoms with Crippen LogP contribution in [0, 0.1) is 0 Å². The second kappa shape index (κ2) is 9.92. The Labute approximate surface area is 158 Å². The number of hydrogen-bond acceptors (Lipinski definition) is 3. The number of nitrogens with one attached hydrogen (secondary N) is 2. The highest BCUT2D eigenvalue weighted by atomic mass is 32.2. The molecular weight excluding hydrogens is 348 g/mol. The molecule has 1 unspecified atom stereocenters. The average molecular weight is 381 g/mol. The van der Waals surface area contributed by atoms with Gasteiger partial charge in [0.2, 0.25) is 10.0 Å². The summed E-state index contributed by atoms with van der Waals surface area (Å²) in [7, 11) is -3.37. The van der Waals surface area contributed by atoms with Crippen LogP contribution in [0.5, 0.6) is 0 Å².